The highest BCUT2D eigenvalue weighted by Gasteiger charge is 2.74. The molecule has 38 heavy (non-hydrogen) atoms. The Morgan fingerprint density at radius 3 is 2.39 bits per heavy atom. The second-order valence-electron chi connectivity index (χ2n) is 9.22. The average molecular weight is 529 g/mol. The predicted octanol–water partition coefficient (Wildman–Crippen LogP) is 2.16. The van der Waals surface area contributed by atoms with Gasteiger partial charge in [0.1, 0.15) is 6.61 Å². The lowest BCUT2D eigenvalue weighted by molar-refractivity contribution is -0.208. The zero-order valence-electron chi connectivity index (χ0n) is 21.5. The standard InChI is InChI=1S/C27H28O11/c1-6-13(2)24(28)38-23-15-10-18(32-3)21(33-4)22(34-5)19(15)20(27(31)25(29)35-11-26(23,27)30)14-7-8-16-17(9-14)37-12-36-16/h6-10,20,23,30-31H,11-12H2,1-5H3. The van der Waals surface area contributed by atoms with E-state index in [1.54, 1.807) is 38.1 Å². The van der Waals surface area contributed by atoms with Crippen molar-refractivity contribution in [3.63, 3.8) is 0 Å². The van der Waals surface area contributed by atoms with Crippen LogP contribution in [0.2, 0.25) is 0 Å². The minimum absolute atomic E-state index is 0.00690. The quantitative estimate of drug-likeness (QED) is 0.421. The first-order valence-electron chi connectivity index (χ1n) is 11.8. The van der Waals surface area contributed by atoms with Crippen molar-refractivity contribution in [2.24, 2.45) is 0 Å². The number of carbonyl (C=O) groups is 2. The van der Waals surface area contributed by atoms with E-state index in [1.165, 1.54) is 27.4 Å². The van der Waals surface area contributed by atoms with Crippen molar-refractivity contribution in [3.8, 4) is 28.7 Å². The van der Waals surface area contributed by atoms with Gasteiger partial charge in [0, 0.05) is 16.7 Å². The van der Waals surface area contributed by atoms with E-state index in [-0.39, 0.29) is 40.7 Å². The van der Waals surface area contributed by atoms with Crippen LogP contribution in [0.1, 0.15) is 42.6 Å². The fraction of sp³-hybridized carbons (Fsp3) is 0.407. The number of carbonyl (C=O) groups excluding carboxylic acids is 2. The van der Waals surface area contributed by atoms with Crippen LogP contribution in [0.15, 0.2) is 35.9 Å². The molecule has 11 heteroatoms. The molecule has 0 radical (unpaired) electrons. The molecule has 2 heterocycles. The first-order valence-corrected chi connectivity index (χ1v) is 11.8. The number of rotatable bonds is 6. The van der Waals surface area contributed by atoms with E-state index in [4.69, 9.17) is 33.2 Å². The van der Waals surface area contributed by atoms with Crippen LogP contribution < -0.4 is 23.7 Å². The number of cyclic esters (lactones) is 1. The maximum Gasteiger partial charge on any atom is 0.342 e. The summed E-state index contributed by atoms with van der Waals surface area (Å²) in [6, 6.07) is 6.40. The van der Waals surface area contributed by atoms with Gasteiger partial charge in [-0.3, -0.25) is 0 Å². The lowest BCUT2D eigenvalue weighted by atomic mass is 9.60. The Kier molecular flexibility index (Phi) is 6.15. The number of esters is 2. The number of fused-ring (bicyclic) bond motifs is 3. The fourth-order valence-electron chi connectivity index (χ4n) is 5.37. The van der Waals surface area contributed by atoms with Crippen molar-refractivity contribution < 1.29 is 53.0 Å². The van der Waals surface area contributed by atoms with Gasteiger partial charge in [-0.05, 0) is 37.6 Å². The molecule has 1 aliphatic carbocycles. The van der Waals surface area contributed by atoms with E-state index in [0.717, 1.165) is 0 Å². The fourth-order valence-corrected chi connectivity index (χ4v) is 5.37. The molecule has 0 amide bonds. The van der Waals surface area contributed by atoms with Crippen LogP contribution >= 0.6 is 0 Å². The third-order valence-corrected chi connectivity index (χ3v) is 7.43. The van der Waals surface area contributed by atoms with Crippen LogP contribution in [-0.2, 0) is 19.1 Å². The summed E-state index contributed by atoms with van der Waals surface area (Å²) < 4.78 is 38.8. The summed E-state index contributed by atoms with van der Waals surface area (Å²) in [5.74, 6) is -1.73. The maximum absolute atomic E-state index is 13.3. The molecule has 2 aromatic carbocycles. The molecule has 0 bridgehead atoms. The van der Waals surface area contributed by atoms with Gasteiger partial charge in [0.05, 0.1) is 27.2 Å². The van der Waals surface area contributed by atoms with Gasteiger partial charge in [0.15, 0.2) is 34.7 Å². The van der Waals surface area contributed by atoms with Gasteiger partial charge in [-0.25, -0.2) is 9.59 Å². The Morgan fingerprint density at radius 1 is 1.03 bits per heavy atom. The summed E-state index contributed by atoms with van der Waals surface area (Å²) in [5, 5.41) is 24.3. The predicted molar refractivity (Wildman–Crippen MR) is 130 cm³/mol. The Bertz CT molecular complexity index is 1350. The van der Waals surface area contributed by atoms with Gasteiger partial charge in [0.25, 0.3) is 0 Å². The van der Waals surface area contributed by atoms with E-state index in [1.807, 2.05) is 0 Å². The first kappa shape index (κ1) is 25.7. The van der Waals surface area contributed by atoms with E-state index >= 15 is 0 Å². The van der Waals surface area contributed by atoms with Gasteiger partial charge in [-0.15, -0.1) is 0 Å². The Morgan fingerprint density at radius 2 is 1.74 bits per heavy atom. The summed E-state index contributed by atoms with van der Waals surface area (Å²) in [7, 11) is 4.21. The summed E-state index contributed by atoms with van der Waals surface area (Å²) >= 11 is 0. The SMILES string of the molecule is CC=C(C)C(=O)OC1c2cc(OC)c(OC)c(OC)c2C(c2ccc3c(c2)OCO3)C2(O)C(=O)OCC12O. The number of methoxy groups -OCH3 is 3. The molecule has 2 aliphatic heterocycles. The summed E-state index contributed by atoms with van der Waals surface area (Å²) in [6.45, 7) is 2.58. The van der Waals surface area contributed by atoms with Crippen LogP contribution in [0, 0.1) is 0 Å². The van der Waals surface area contributed by atoms with Crippen LogP contribution in [0.5, 0.6) is 28.7 Å². The molecule has 5 rings (SSSR count). The molecule has 0 aromatic heterocycles. The van der Waals surface area contributed by atoms with Gasteiger partial charge >= 0.3 is 11.9 Å². The van der Waals surface area contributed by atoms with Crippen molar-refractivity contribution in [1.82, 2.24) is 0 Å². The minimum atomic E-state index is -2.60. The van der Waals surface area contributed by atoms with Gasteiger partial charge in [-0.2, -0.15) is 0 Å². The van der Waals surface area contributed by atoms with E-state index in [9.17, 15) is 19.8 Å². The van der Waals surface area contributed by atoms with Crippen LogP contribution in [-0.4, -0.2) is 68.1 Å². The maximum atomic E-state index is 13.3. The molecule has 4 atom stereocenters. The summed E-state index contributed by atoms with van der Waals surface area (Å²) in [5.41, 5.74) is -3.86. The Balaban J connectivity index is 1.86. The number of hydrogen-bond donors (Lipinski definition) is 2. The number of allylic oxidation sites excluding steroid dienone is 1. The second-order valence-corrected chi connectivity index (χ2v) is 9.22. The topological polar surface area (TPSA) is 139 Å². The molecule has 1 saturated heterocycles. The van der Waals surface area contributed by atoms with Crippen molar-refractivity contribution >= 4 is 11.9 Å². The zero-order valence-corrected chi connectivity index (χ0v) is 21.5. The van der Waals surface area contributed by atoms with Crippen molar-refractivity contribution in [1.29, 1.82) is 0 Å². The molecule has 2 aromatic rings. The average Bonchev–Trinajstić information content (AvgIpc) is 3.49. The van der Waals surface area contributed by atoms with E-state index < -0.39 is 41.8 Å². The number of ether oxygens (including phenoxy) is 7. The molecular formula is C27H28O11. The highest BCUT2D eigenvalue weighted by atomic mass is 16.7. The molecule has 11 nitrogen and oxygen atoms in total. The Labute approximate surface area is 218 Å². The molecule has 0 spiro atoms. The lowest BCUT2D eigenvalue weighted by Crippen LogP contribution is -2.65. The van der Waals surface area contributed by atoms with Gasteiger partial charge in [-0.1, -0.05) is 12.1 Å². The second kappa shape index (κ2) is 9.10. The van der Waals surface area contributed by atoms with Crippen LogP contribution in [0.25, 0.3) is 0 Å². The molecule has 4 unspecified atom stereocenters. The van der Waals surface area contributed by atoms with Gasteiger partial charge in [0.2, 0.25) is 18.1 Å². The third kappa shape index (κ3) is 3.35. The normalized spacial score (nSPS) is 27.2. The highest BCUT2D eigenvalue weighted by Crippen LogP contribution is 2.62. The summed E-state index contributed by atoms with van der Waals surface area (Å²) in [4.78, 5) is 26.3. The van der Waals surface area contributed by atoms with E-state index in [2.05, 4.69) is 0 Å². The molecule has 3 aliphatic rings. The highest BCUT2D eigenvalue weighted by molar-refractivity contribution is 5.90. The van der Waals surface area contributed by atoms with Crippen molar-refractivity contribution in [2.45, 2.75) is 37.1 Å². The number of benzene rings is 2. The van der Waals surface area contributed by atoms with Crippen LogP contribution in [0.3, 0.4) is 0 Å². The monoisotopic (exact) mass is 528 g/mol. The molecular weight excluding hydrogens is 500 g/mol. The number of hydrogen-bond acceptors (Lipinski definition) is 11. The molecule has 202 valence electrons. The first-order chi connectivity index (χ1) is 18.2. The molecule has 1 fully saturated rings. The molecule has 2 N–H and O–H groups in total. The van der Waals surface area contributed by atoms with Crippen LogP contribution in [0.4, 0.5) is 0 Å². The van der Waals surface area contributed by atoms with Crippen molar-refractivity contribution in [2.75, 3.05) is 34.7 Å². The zero-order chi connectivity index (χ0) is 27.4. The third-order valence-electron chi connectivity index (χ3n) is 7.43. The van der Waals surface area contributed by atoms with Crippen molar-refractivity contribution in [3.05, 3.63) is 52.6 Å². The lowest BCUT2D eigenvalue weighted by Gasteiger charge is -2.48. The number of aliphatic hydroxyl groups is 2. The minimum Gasteiger partial charge on any atom is -0.493 e. The smallest absolute Gasteiger partial charge is 0.342 e. The summed E-state index contributed by atoms with van der Waals surface area (Å²) in [6.07, 6.45) is -0.00114. The van der Waals surface area contributed by atoms with E-state index in [0.29, 0.717) is 17.1 Å². The molecule has 0 saturated carbocycles. The Hall–Kier alpha value is -3.96. The van der Waals surface area contributed by atoms with Gasteiger partial charge < -0.3 is 43.4 Å². The largest absolute Gasteiger partial charge is 0.493 e.